The minimum atomic E-state index is -0.346. The fourth-order valence-electron chi connectivity index (χ4n) is 1.97. The van der Waals surface area contributed by atoms with Crippen molar-refractivity contribution in [3.8, 4) is 5.75 Å². The molecule has 1 aliphatic rings. The summed E-state index contributed by atoms with van der Waals surface area (Å²) in [6, 6.07) is 13.8. The van der Waals surface area contributed by atoms with Crippen LogP contribution in [-0.4, -0.2) is 18.5 Å². The number of amides is 3. The van der Waals surface area contributed by atoms with E-state index in [-0.39, 0.29) is 18.5 Å². The van der Waals surface area contributed by atoms with Gasteiger partial charge in [-0.1, -0.05) is 18.2 Å². The third-order valence-electron chi connectivity index (χ3n) is 2.90. The quantitative estimate of drug-likeness (QED) is 0.792. The lowest BCUT2D eigenvalue weighted by atomic mass is 10.2. The van der Waals surface area contributed by atoms with Gasteiger partial charge in [-0.15, -0.1) is 0 Å². The van der Waals surface area contributed by atoms with Gasteiger partial charge in [0.2, 0.25) is 0 Å². The van der Waals surface area contributed by atoms with Crippen molar-refractivity contribution in [2.24, 2.45) is 0 Å². The number of rotatable bonds is 2. The van der Waals surface area contributed by atoms with E-state index in [2.05, 4.69) is 16.0 Å². The Kier molecular flexibility index (Phi) is 3.42. The normalized spacial score (nSPS) is 12.7. The first-order valence-electron chi connectivity index (χ1n) is 6.40. The second-order valence-corrected chi connectivity index (χ2v) is 4.49. The summed E-state index contributed by atoms with van der Waals surface area (Å²) in [4.78, 5) is 23.0. The number of nitrogens with one attached hydrogen (secondary N) is 3. The summed E-state index contributed by atoms with van der Waals surface area (Å²) in [7, 11) is 0. The van der Waals surface area contributed by atoms with Gasteiger partial charge in [0, 0.05) is 17.4 Å². The summed E-state index contributed by atoms with van der Waals surface area (Å²) >= 11 is 0. The molecule has 106 valence electrons. The summed E-state index contributed by atoms with van der Waals surface area (Å²) in [5, 5.41) is 8.11. The molecule has 0 unspecified atom stereocenters. The number of carbonyl (C=O) groups excluding carboxylic acids is 2. The standard InChI is InChI=1S/C15H13N3O3/c19-14-9-21-13-8-11(6-7-12(13)18-14)17-15(20)16-10-4-2-1-3-5-10/h1-8H,9H2,(H,18,19)(H2,16,17,20). The van der Waals surface area contributed by atoms with E-state index in [1.54, 1.807) is 30.3 Å². The fourth-order valence-corrected chi connectivity index (χ4v) is 1.97. The molecular weight excluding hydrogens is 270 g/mol. The van der Waals surface area contributed by atoms with Gasteiger partial charge in [-0.2, -0.15) is 0 Å². The van der Waals surface area contributed by atoms with E-state index in [0.717, 1.165) is 0 Å². The lowest BCUT2D eigenvalue weighted by Crippen LogP contribution is -2.25. The van der Waals surface area contributed by atoms with E-state index in [0.29, 0.717) is 22.8 Å². The topological polar surface area (TPSA) is 79.5 Å². The molecule has 0 aromatic heterocycles. The molecule has 0 atom stereocenters. The molecule has 6 heteroatoms. The van der Waals surface area contributed by atoms with Crippen LogP contribution < -0.4 is 20.7 Å². The van der Waals surface area contributed by atoms with Gasteiger partial charge >= 0.3 is 6.03 Å². The molecule has 2 aromatic rings. The average molecular weight is 283 g/mol. The number of anilines is 3. The maximum Gasteiger partial charge on any atom is 0.323 e. The second-order valence-electron chi connectivity index (χ2n) is 4.49. The van der Waals surface area contributed by atoms with Crippen LogP contribution in [-0.2, 0) is 4.79 Å². The molecule has 3 N–H and O–H groups in total. The molecule has 0 aliphatic carbocycles. The summed E-state index contributed by atoms with van der Waals surface area (Å²) < 4.78 is 5.29. The number of carbonyl (C=O) groups is 2. The number of hydrogen-bond acceptors (Lipinski definition) is 3. The molecule has 3 amide bonds. The van der Waals surface area contributed by atoms with Crippen LogP contribution in [0.2, 0.25) is 0 Å². The van der Waals surface area contributed by atoms with Crippen molar-refractivity contribution in [2.45, 2.75) is 0 Å². The Hall–Kier alpha value is -3.02. The molecule has 0 fully saturated rings. The molecule has 0 radical (unpaired) electrons. The van der Waals surface area contributed by atoms with Crippen molar-refractivity contribution in [1.82, 2.24) is 0 Å². The van der Waals surface area contributed by atoms with Crippen LogP contribution in [0.1, 0.15) is 0 Å². The largest absolute Gasteiger partial charge is 0.482 e. The first kappa shape index (κ1) is 13.0. The summed E-state index contributed by atoms with van der Waals surface area (Å²) in [5.41, 5.74) is 1.88. The Morgan fingerprint density at radius 3 is 2.62 bits per heavy atom. The first-order valence-corrected chi connectivity index (χ1v) is 6.40. The molecule has 2 aromatic carbocycles. The molecule has 0 bridgehead atoms. The number of urea groups is 1. The summed E-state index contributed by atoms with van der Waals surface area (Å²) in [6.07, 6.45) is 0. The Bertz CT molecular complexity index is 686. The van der Waals surface area contributed by atoms with Crippen LogP contribution in [0, 0.1) is 0 Å². The predicted molar refractivity (Wildman–Crippen MR) is 79.7 cm³/mol. The third kappa shape index (κ3) is 3.11. The highest BCUT2D eigenvalue weighted by molar-refractivity contribution is 6.01. The maximum atomic E-state index is 11.9. The summed E-state index contributed by atoms with van der Waals surface area (Å²) in [5.74, 6) is 0.345. The zero-order valence-corrected chi connectivity index (χ0v) is 11.1. The minimum Gasteiger partial charge on any atom is -0.482 e. The lowest BCUT2D eigenvalue weighted by Gasteiger charge is -2.18. The first-order chi connectivity index (χ1) is 10.2. The fraction of sp³-hybridized carbons (Fsp3) is 0.0667. The summed E-state index contributed by atoms with van der Waals surface area (Å²) in [6.45, 7) is -0.0212. The van der Waals surface area contributed by atoms with Gasteiger partial charge in [0.05, 0.1) is 5.69 Å². The van der Waals surface area contributed by atoms with E-state index in [4.69, 9.17) is 4.74 Å². The number of para-hydroxylation sites is 1. The van der Waals surface area contributed by atoms with Gasteiger partial charge in [-0.25, -0.2) is 4.79 Å². The second kappa shape index (κ2) is 5.54. The van der Waals surface area contributed by atoms with Gasteiger partial charge in [0.15, 0.2) is 6.61 Å². The van der Waals surface area contributed by atoms with Gasteiger partial charge in [0.25, 0.3) is 5.91 Å². The van der Waals surface area contributed by atoms with Gasteiger partial charge in [-0.05, 0) is 24.3 Å². The monoisotopic (exact) mass is 283 g/mol. The van der Waals surface area contributed by atoms with Crippen LogP contribution in [0.5, 0.6) is 5.75 Å². The number of benzene rings is 2. The van der Waals surface area contributed by atoms with E-state index < -0.39 is 0 Å². The molecule has 0 saturated carbocycles. The zero-order valence-electron chi connectivity index (χ0n) is 11.1. The predicted octanol–water partition coefficient (Wildman–Crippen LogP) is 2.66. The van der Waals surface area contributed by atoms with Gasteiger partial charge in [0.1, 0.15) is 5.75 Å². The van der Waals surface area contributed by atoms with Crippen molar-refractivity contribution in [2.75, 3.05) is 22.6 Å². The SMILES string of the molecule is O=C1COc2cc(NC(=O)Nc3ccccc3)ccc2N1. The molecule has 21 heavy (non-hydrogen) atoms. The third-order valence-corrected chi connectivity index (χ3v) is 2.90. The molecule has 0 spiro atoms. The highest BCUT2D eigenvalue weighted by atomic mass is 16.5. The molecular formula is C15H13N3O3. The average Bonchev–Trinajstić information content (AvgIpc) is 2.48. The van der Waals surface area contributed by atoms with E-state index in [9.17, 15) is 9.59 Å². The van der Waals surface area contributed by atoms with Crippen molar-refractivity contribution in [1.29, 1.82) is 0 Å². The van der Waals surface area contributed by atoms with Crippen molar-refractivity contribution in [3.05, 3.63) is 48.5 Å². The highest BCUT2D eigenvalue weighted by Gasteiger charge is 2.16. The van der Waals surface area contributed by atoms with Crippen LogP contribution >= 0.6 is 0 Å². The Morgan fingerprint density at radius 2 is 1.81 bits per heavy atom. The minimum absolute atomic E-state index is 0.0212. The Morgan fingerprint density at radius 1 is 1.05 bits per heavy atom. The molecule has 1 aliphatic heterocycles. The number of hydrogen-bond donors (Lipinski definition) is 3. The van der Waals surface area contributed by atoms with Gasteiger partial charge in [-0.3, -0.25) is 4.79 Å². The lowest BCUT2D eigenvalue weighted by molar-refractivity contribution is -0.118. The molecule has 1 heterocycles. The zero-order chi connectivity index (χ0) is 14.7. The van der Waals surface area contributed by atoms with Gasteiger partial charge < -0.3 is 20.7 Å². The smallest absolute Gasteiger partial charge is 0.323 e. The Balaban J connectivity index is 1.68. The molecule has 3 rings (SSSR count). The van der Waals surface area contributed by atoms with Crippen LogP contribution in [0.25, 0.3) is 0 Å². The van der Waals surface area contributed by atoms with Crippen molar-refractivity contribution >= 4 is 29.0 Å². The Labute approximate surface area is 121 Å². The number of ether oxygens (including phenoxy) is 1. The van der Waals surface area contributed by atoms with Crippen LogP contribution in [0.3, 0.4) is 0 Å². The van der Waals surface area contributed by atoms with E-state index in [1.807, 2.05) is 18.2 Å². The van der Waals surface area contributed by atoms with E-state index in [1.165, 1.54) is 0 Å². The molecule has 6 nitrogen and oxygen atoms in total. The van der Waals surface area contributed by atoms with Crippen molar-refractivity contribution < 1.29 is 14.3 Å². The van der Waals surface area contributed by atoms with E-state index >= 15 is 0 Å². The van der Waals surface area contributed by atoms with Crippen molar-refractivity contribution in [3.63, 3.8) is 0 Å². The van der Waals surface area contributed by atoms with Crippen LogP contribution in [0.15, 0.2) is 48.5 Å². The maximum absolute atomic E-state index is 11.9. The van der Waals surface area contributed by atoms with Crippen LogP contribution in [0.4, 0.5) is 21.9 Å². The molecule has 0 saturated heterocycles. The highest BCUT2D eigenvalue weighted by Crippen LogP contribution is 2.30. The number of fused-ring (bicyclic) bond motifs is 1.